The summed E-state index contributed by atoms with van der Waals surface area (Å²) in [6.07, 6.45) is 7.69. The first-order chi connectivity index (χ1) is 5.22. The quantitative estimate of drug-likeness (QED) is 0.412. The number of carbonyl (C=O) groups excluding carboxylic acids is 1. The van der Waals surface area contributed by atoms with Crippen LogP contribution in [0.4, 0.5) is 0 Å². The lowest BCUT2D eigenvalue weighted by Gasteiger charge is -2.05. The van der Waals surface area contributed by atoms with Gasteiger partial charge in [-0.05, 0) is 19.4 Å². The fourth-order valence-electron chi connectivity index (χ4n) is 0.589. The van der Waals surface area contributed by atoms with Gasteiger partial charge in [0.05, 0.1) is 0 Å². The summed E-state index contributed by atoms with van der Waals surface area (Å²) in [6.45, 7) is 0.511. The Bertz CT molecular complexity index is 162. The van der Waals surface area contributed by atoms with E-state index in [1.165, 1.54) is 0 Å². The zero-order valence-electron chi connectivity index (χ0n) is 6.25. The van der Waals surface area contributed by atoms with Crippen molar-refractivity contribution in [3.8, 4) is 12.5 Å². The zero-order valence-corrected chi connectivity index (χ0v) is 6.25. The number of hydrogen-bond acceptors (Lipinski definition) is 4. The monoisotopic (exact) mass is 156 g/mol. The lowest BCUT2D eigenvalue weighted by atomic mass is 10.2. The number of hydrogen-bond donors (Lipinski definition) is 2. The van der Waals surface area contributed by atoms with E-state index in [0.717, 1.165) is 0 Å². The first kappa shape index (κ1) is 9.95. The molecule has 0 saturated heterocycles. The molecule has 62 valence electrons. The zero-order chi connectivity index (χ0) is 8.69. The molecule has 0 aliphatic rings. The van der Waals surface area contributed by atoms with Gasteiger partial charge >= 0.3 is 5.97 Å². The Balaban J connectivity index is 3.57. The van der Waals surface area contributed by atoms with E-state index < -0.39 is 12.0 Å². The fourth-order valence-corrected chi connectivity index (χ4v) is 0.589. The van der Waals surface area contributed by atoms with Crippen LogP contribution in [0, 0.1) is 12.5 Å². The van der Waals surface area contributed by atoms with Crippen LogP contribution >= 0.6 is 0 Å². The SMILES string of the molecule is C#COC(=O)[C@H](N)CCCN. The van der Waals surface area contributed by atoms with Gasteiger partial charge in [-0.3, -0.25) is 0 Å². The summed E-state index contributed by atoms with van der Waals surface area (Å²) in [6, 6.07) is -0.644. The number of terminal acetylenes is 1. The van der Waals surface area contributed by atoms with E-state index in [1.54, 1.807) is 6.11 Å². The Hall–Kier alpha value is -1.05. The number of carbonyl (C=O) groups is 1. The van der Waals surface area contributed by atoms with E-state index >= 15 is 0 Å². The van der Waals surface area contributed by atoms with Gasteiger partial charge in [-0.25, -0.2) is 4.79 Å². The van der Waals surface area contributed by atoms with Crippen LogP contribution in [0.1, 0.15) is 12.8 Å². The van der Waals surface area contributed by atoms with Crippen molar-refractivity contribution in [2.45, 2.75) is 18.9 Å². The van der Waals surface area contributed by atoms with Gasteiger partial charge in [0.25, 0.3) is 0 Å². The number of nitrogens with two attached hydrogens (primary N) is 2. The van der Waals surface area contributed by atoms with Crippen LogP contribution < -0.4 is 11.5 Å². The standard InChI is InChI=1S/C7H12N2O2/c1-2-11-7(10)6(9)4-3-5-8/h1,6H,3-5,8-9H2/t6-/m1/s1. The van der Waals surface area contributed by atoms with Crippen molar-refractivity contribution < 1.29 is 9.53 Å². The second kappa shape index (κ2) is 5.71. The Morgan fingerprint density at radius 2 is 2.36 bits per heavy atom. The molecular weight excluding hydrogens is 144 g/mol. The summed E-state index contributed by atoms with van der Waals surface area (Å²) in [7, 11) is 0. The third-order valence-electron chi connectivity index (χ3n) is 1.18. The predicted molar refractivity (Wildman–Crippen MR) is 41.2 cm³/mol. The molecule has 0 unspecified atom stereocenters. The van der Waals surface area contributed by atoms with Crippen LogP contribution in [0.5, 0.6) is 0 Å². The highest BCUT2D eigenvalue weighted by molar-refractivity contribution is 5.76. The molecule has 0 bridgehead atoms. The molecule has 4 N–H and O–H groups in total. The molecule has 0 heterocycles. The van der Waals surface area contributed by atoms with Gasteiger partial charge in [0.15, 0.2) is 0 Å². The second-order valence-electron chi connectivity index (χ2n) is 2.08. The van der Waals surface area contributed by atoms with Gasteiger partial charge in [0, 0.05) is 0 Å². The highest BCUT2D eigenvalue weighted by Crippen LogP contribution is 1.94. The third-order valence-corrected chi connectivity index (χ3v) is 1.18. The summed E-state index contributed by atoms with van der Waals surface area (Å²) in [5.41, 5.74) is 10.6. The van der Waals surface area contributed by atoms with E-state index in [0.29, 0.717) is 19.4 Å². The molecule has 11 heavy (non-hydrogen) atoms. The van der Waals surface area contributed by atoms with Crippen molar-refractivity contribution in [3.63, 3.8) is 0 Å². The molecule has 0 rings (SSSR count). The van der Waals surface area contributed by atoms with Crippen molar-refractivity contribution in [3.05, 3.63) is 0 Å². The Morgan fingerprint density at radius 1 is 1.73 bits per heavy atom. The highest BCUT2D eigenvalue weighted by atomic mass is 16.5. The minimum atomic E-state index is -0.644. The van der Waals surface area contributed by atoms with Crippen LogP contribution in [-0.4, -0.2) is 18.6 Å². The van der Waals surface area contributed by atoms with Crippen LogP contribution in [0.3, 0.4) is 0 Å². The first-order valence-corrected chi connectivity index (χ1v) is 3.34. The molecule has 4 heteroatoms. The molecule has 4 nitrogen and oxygen atoms in total. The Labute approximate surface area is 65.9 Å². The average molecular weight is 156 g/mol. The molecule has 0 aliphatic carbocycles. The third kappa shape index (κ3) is 4.37. The van der Waals surface area contributed by atoms with Gasteiger partial charge in [-0.2, -0.15) is 0 Å². The molecule has 0 saturated carbocycles. The number of esters is 1. The van der Waals surface area contributed by atoms with Gasteiger partial charge in [0.2, 0.25) is 0 Å². The smallest absolute Gasteiger partial charge is 0.336 e. The van der Waals surface area contributed by atoms with E-state index in [2.05, 4.69) is 4.74 Å². The van der Waals surface area contributed by atoms with Crippen molar-refractivity contribution in [2.75, 3.05) is 6.54 Å². The number of rotatable bonds is 4. The molecule has 0 aromatic carbocycles. The minimum absolute atomic E-state index is 0.511. The maximum Gasteiger partial charge on any atom is 0.336 e. The number of ether oxygens (including phenoxy) is 1. The van der Waals surface area contributed by atoms with Crippen molar-refractivity contribution >= 4 is 5.97 Å². The summed E-state index contributed by atoms with van der Waals surface area (Å²) >= 11 is 0. The summed E-state index contributed by atoms with van der Waals surface area (Å²) in [4.78, 5) is 10.7. The Morgan fingerprint density at radius 3 is 2.82 bits per heavy atom. The van der Waals surface area contributed by atoms with E-state index in [4.69, 9.17) is 17.9 Å². The Kier molecular flexibility index (Phi) is 5.17. The minimum Gasteiger partial charge on any atom is -0.371 e. The van der Waals surface area contributed by atoms with E-state index in [9.17, 15) is 4.79 Å². The molecular formula is C7H12N2O2. The van der Waals surface area contributed by atoms with Crippen LogP contribution in [0.25, 0.3) is 0 Å². The molecule has 0 spiro atoms. The van der Waals surface area contributed by atoms with E-state index in [-0.39, 0.29) is 0 Å². The first-order valence-electron chi connectivity index (χ1n) is 3.34. The van der Waals surface area contributed by atoms with Crippen molar-refractivity contribution in [1.82, 2.24) is 0 Å². The molecule has 0 aromatic heterocycles. The van der Waals surface area contributed by atoms with Crippen LogP contribution in [0.15, 0.2) is 0 Å². The summed E-state index contributed by atoms with van der Waals surface area (Å²) in [5, 5.41) is 0. The van der Waals surface area contributed by atoms with Crippen LogP contribution in [0.2, 0.25) is 0 Å². The summed E-state index contributed by atoms with van der Waals surface area (Å²) < 4.78 is 4.22. The lowest BCUT2D eigenvalue weighted by molar-refractivity contribution is -0.138. The van der Waals surface area contributed by atoms with Crippen molar-refractivity contribution in [2.24, 2.45) is 11.5 Å². The van der Waals surface area contributed by atoms with Gasteiger partial charge in [-0.15, -0.1) is 0 Å². The molecule has 0 amide bonds. The maximum absolute atomic E-state index is 10.7. The van der Waals surface area contributed by atoms with Crippen LogP contribution in [-0.2, 0) is 9.53 Å². The van der Waals surface area contributed by atoms with Gasteiger partial charge in [-0.1, -0.05) is 6.42 Å². The van der Waals surface area contributed by atoms with E-state index in [1.807, 2.05) is 0 Å². The molecule has 0 radical (unpaired) electrons. The largest absolute Gasteiger partial charge is 0.371 e. The lowest BCUT2D eigenvalue weighted by Crippen LogP contribution is -2.31. The van der Waals surface area contributed by atoms with Gasteiger partial charge in [0.1, 0.15) is 12.1 Å². The molecule has 0 aliphatic heterocycles. The maximum atomic E-state index is 10.7. The predicted octanol–water partition coefficient (Wildman–Crippen LogP) is -0.813. The van der Waals surface area contributed by atoms with Crippen molar-refractivity contribution in [1.29, 1.82) is 0 Å². The topological polar surface area (TPSA) is 78.3 Å². The molecule has 0 fully saturated rings. The highest BCUT2D eigenvalue weighted by Gasteiger charge is 2.12. The average Bonchev–Trinajstić information content (AvgIpc) is 2.00. The molecule has 1 atom stereocenters. The second-order valence-corrected chi connectivity index (χ2v) is 2.08. The summed E-state index contributed by atoms with van der Waals surface area (Å²) in [5.74, 6) is -0.569. The normalized spacial score (nSPS) is 11.7. The fraction of sp³-hybridized carbons (Fsp3) is 0.571. The van der Waals surface area contributed by atoms with Gasteiger partial charge < -0.3 is 16.2 Å². The molecule has 0 aromatic rings.